The van der Waals surface area contributed by atoms with E-state index in [1.807, 2.05) is 24.3 Å². The van der Waals surface area contributed by atoms with Crippen LogP contribution in [-0.2, 0) is 0 Å². The van der Waals surface area contributed by atoms with Gasteiger partial charge in [0.05, 0.1) is 0 Å². The van der Waals surface area contributed by atoms with Gasteiger partial charge in [-0.05, 0) is 36.5 Å². The number of amides is 1. The summed E-state index contributed by atoms with van der Waals surface area (Å²) in [7, 11) is 0. The van der Waals surface area contributed by atoms with Crippen LogP contribution in [0.5, 0.6) is 5.75 Å². The molecule has 1 amide bonds. The number of carbonyl (C=O) groups is 1. The number of ether oxygens (including phenoxy) is 1. The van der Waals surface area contributed by atoms with E-state index in [0.717, 1.165) is 19.4 Å². The number of rotatable bonds is 2. The first-order valence-corrected chi connectivity index (χ1v) is 6.88. The average molecular weight is 262 g/mol. The zero-order valence-electron chi connectivity index (χ0n) is 11.6. The van der Waals surface area contributed by atoms with Crippen molar-refractivity contribution in [2.75, 3.05) is 13.1 Å². The molecule has 104 valence electrons. The molecule has 1 saturated heterocycles. The Morgan fingerprint density at radius 2 is 2.05 bits per heavy atom. The predicted molar refractivity (Wildman–Crippen MR) is 75.3 cm³/mol. The molecule has 0 bridgehead atoms. The van der Waals surface area contributed by atoms with Crippen LogP contribution < -0.4 is 10.5 Å². The Hall–Kier alpha value is -1.55. The van der Waals surface area contributed by atoms with E-state index in [-0.39, 0.29) is 12.1 Å². The summed E-state index contributed by atoms with van der Waals surface area (Å²) in [6, 6.07) is 7.75. The van der Waals surface area contributed by atoms with E-state index >= 15 is 0 Å². The molecular formula is C15H22N2O2. The van der Waals surface area contributed by atoms with Gasteiger partial charge < -0.3 is 15.4 Å². The third-order valence-electron chi connectivity index (χ3n) is 3.47. The number of benzene rings is 1. The highest BCUT2D eigenvalue weighted by Gasteiger charge is 2.22. The van der Waals surface area contributed by atoms with Gasteiger partial charge in [0.25, 0.3) is 0 Å². The second-order valence-corrected chi connectivity index (χ2v) is 5.44. The van der Waals surface area contributed by atoms with E-state index in [4.69, 9.17) is 10.5 Å². The van der Waals surface area contributed by atoms with Crippen molar-refractivity contribution in [3.05, 3.63) is 29.8 Å². The monoisotopic (exact) mass is 262 g/mol. The van der Waals surface area contributed by atoms with Crippen LogP contribution in [0.4, 0.5) is 4.79 Å². The fourth-order valence-corrected chi connectivity index (χ4v) is 2.26. The molecule has 4 heteroatoms. The minimum absolute atomic E-state index is 0.0737. The Kier molecular flexibility index (Phi) is 4.43. The van der Waals surface area contributed by atoms with E-state index in [1.54, 1.807) is 4.90 Å². The molecule has 1 unspecified atom stereocenters. The molecule has 2 rings (SSSR count). The highest BCUT2D eigenvalue weighted by atomic mass is 16.6. The second kappa shape index (κ2) is 6.06. The Morgan fingerprint density at radius 1 is 1.37 bits per heavy atom. The van der Waals surface area contributed by atoms with Crippen LogP contribution in [0.3, 0.4) is 0 Å². The summed E-state index contributed by atoms with van der Waals surface area (Å²) in [6.07, 6.45) is 1.63. The molecule has 1 atom stereocenters. The van der Waals surface area contributed by atoms with Crippen molar-refractivity contribution >= 4 is 6.09 Å². The molecule has 4 nitrogen and oxygen atoms in total. The van der Waals surface area contributed by atoms with E-state index in [9.17, 15) is 4.79 Å². The largest absolute Gasteiger partial charge is 0.415 e. The van der Waals surface area contributed by atoms with Gasteiger partial charge >= 0.3 is 6.09 Å². The molecule has 2 N–H and O–H groups in total. The fourth-order valence-electron chi connectivity index (χ4n) is 2.26. The quantitative estimate of drug-likeness (QED) is 0.891. The summed E-state index contributed by atoms with van der Waals surface area (Å²) < 4.78 is 5.37. The molecular weight excluding hydrogens is 240 g/mol. The van der Waals surface area contributed by atoms with Crippen molar-refractivity contribution in [3.63, 3.8) is 0 Å². The summed E-state index contributed by atoms with van der Waals surface area (Å²) >= 11 is 0. The number of nitrogens with zero attached hydrogens (tertiary/aromatic N) is 1. The third kappa shape index (κ3) is 3.70. The van der Waals surface area contributed by atoms with Crippen molar-refractivity contribution < 1.29 is 9.53 Å². The molecule has 1 aromatic carbocycles. The van der Waals surface area contributed by atoms with Crippen molar-refractivity contribution in [3.8, 4) is 5.75 Å². The van der Waals surface area contributed by atoms with E-state index in [2.05, 4.69) is 13.8 Å². The second-order valence-electron chi connectivity index (χ2n) is 5.44. The maximum absolute atomic E-state index is 12.0. The van der Waals surface area contributed by atoms with Crippen molar-refractivity contribution in [2.45, 2.75) is 38.6 Å². The summed E-state index contributed by atoms with van der Waals surface area (Å²) in [5, 5.41) is 0. The lowest BCUT2D eigenvalue weighted by Gasteiger charge is -2.29. The van der Waals surface area contributed by atoms with Crippen molar-refractivity contribution in [1.29, 1.82) is 0 Å². The number of hydrogen-bond acceptors (Lipinski definition) is 3. The molecule has 19 heavy (non-hydrogen) atoms. The molecule has 0 aromatic heterocycles. The van der Waals surface area contributed by atoms with E-state index < -0.39 is 0 Å². The van der Waals surface area contributed by atoms with Crippen molar-refractivity contribution in [2.24, 2.45) is 5.73 Å². The Labute approximate surface area is 114 Å². The van der Waals surface area contributed by atoms with Crippen LogP contribution >= 0.6 is 0 Å². The van der Waals surface area contributed by atoms with Crippen LogP contribution in [0, 0.1) is 0 Å². The lowest BCUT2D eigenvalue weighted by molar-refractivity contribution is 0.137. The lowest BCUT2D eigenvalue weighted by Crippen LogP contribution is -2.46. The Balaban J connectivity index is 1.94. The van der Waals surface area contributed by atoms with Crippen LogP contribution in [0.15, 0.2) is 24.3 Å². The number of carbonyl (C=O) groups excluding carboxylic acids is 1. The van der Waals surface area contributed by atoms with Gasteiger partial charge in [-0.2, -0.15) is 0 Å². The molecule has 1 aromatic rings. The molecule has 1 fully saturated rings. The Bertz CT molecular complexity index is 428. The summed E-state index contributed by atoms with van der Waals surface area (Å²) in [5.41, 5.74) is 7.10. The average Bonchev–Trinajstić information content (AvgIpc) is 2.39. The van der Waals surface area contributed by atoms with Gasteiger partial charge in [0.2, 0.25) is 0 Å². The van der Waals surface area contributed by atoms with Crippen LogP contribution in [0.1, 0.15) is 38.2 Å². The predicted octanol–water partition coefficient (Wildman–Crippen LogP) is 2.73. The summed E-state index contributed by atoms with van der Waals surface area (Å²) in [4.78, 5) is 13.7. The maximum atomic E-state index is 12.0. The lowest BCUT2D eigenvalue weighted by atomic mass is 10.0. The maximum Gasteiger partial charge on any atom is 0.415 e. The standard InChI is InChI=1S/C15H22N2O2/c1-11(2)12-5-7-14(8-6-12)19-15(18)17-9-3-4-13(16)10-17/h5-8,11,13H,3-4,9-10,16H2,1-2H3. The molecule has 1 heterocycles. The third-order valence-corrected chi connectivity index (χ3v) is 3.47. The topological polar surface area (TPSA) is 55.6 Å². The van der Waals surface area contributed by atoms with Gasteiger partial charge in [-0.15, -0.1) is 0 Å². The van der Waals surface area contributed by atoms with Gasteiger partial charge in [0, 0.05) is 19.1 Å². The van der Waals surface area contributed by atoms with E-state index in [0.29, 0.717) is 18.2 Å². The zero-order chi connectivity index (χ0) is 13.8. The first kappa shape index (κ1) is 13.9. The highest BCUT2D eigenvalue weighted by Crippen LogP contribution is 2.19. The number of nitrogens with two attached hydrogens (primary N) is 1. The molecule has 0 spiro atoms. The minimum Gasteiger partial charge on any atom is -0.410 e. The van der Waals surface area contributed by atoms with Crippen LogP contribution in [0.25, 0.3) is 0 Å². The van der Waals surface area contributed by atoms with Crippen molar-refractivity contribution in [1.82, 2.24) is 4.90 Å². The molecule has 1 aliphatic heterocycles. The smallest absolute Gasteiger partial charge is 0.410 e. The fraction of sp³-hybridized carbons (Fsp3) is 0.533. The number of piperidine rings is 1. The highest BCUT2D eigenvalue weighted by molar-refractivity contribution is 5.70. The normalized spacial score (nSPS) is 19.6. The minimum atomic E-state index is -0.299. The van der Waals surface area contributed by atoms with Gasteiger partial charge in [0.15, 0.2) is 0 Å². The Morgan fingerprint density at radius 3 is 2.63 bits per heavy atom. The zero-order valence-corrected chi connectivity index (χ0v) is 11.6. The first-order valence-electron chi connectivity index (χ1n) is 6.88. The van der Waals surface area contributed by atoms with Crippen LogP contribution in [0.2, 0.25) is 0 Å². The summed E-state index contributed by atoms with van der Waals surface area (Å²) in [6.45, 7) is 5.59. The molecule has 0 aliphatic carbocycles. The van der Waals surface area contributed by atoms with Gasteiger partial charge in [-0.1, -0.05) is 26.0 Å². The summed E-state index contributed by atoms with van der Waals surface area (Å²) in [5.74, 6) is 1.07. The van der Waals surface area contributed by atoms with Crippen LogP contribution in [-0.4, -0.2) is 30.1 Å². The number of likely N-dealkylation sites (tertiary alicyclic amines) is 1. The van der Waals surface area contributed by atoms with Gasteiger partial charge in [0.1, 0.15) is 5.75 Å². The molecule has 1 aliphatic rings. The van der Waals surface area contributed by atoms with Gasteiger partial charge in [-0.25, -0.2) is 4.79 Å². The molecule has 0 radical (unpaired) electrons. The first-order chi connectivity index (χ1) is 9.06. The molecule has 0 saturated carbocycles. The van der Waals surface area contributed by atoms with Gasteiger partial charge in [-0.3, -0.25) is 0 Å². The number of hydrogen-bond donors (Lipinski definition) is 1. The van der Waals surface area contributed by atoms with E-state index in [1.165, 1.54) is 5.56 Å². The SMILES string of the molecule is CC(C)c1ccc(OC(=O)N2CCCC(N)C2)cc1.